The highest BCUT2D eigenvalue weighted by atomic mass is 32.2. The summed E-state index contributed by atoms with van der Waals surface area (Å²) in [6.07, 6.45) is 0. The van der Waals surface area contributed by atoms with E-state index in [9.17, 15) is 9.59 Å². The van der Waals surface area contributed by atoms with Gasteiger partial charge in [0.05, 0.1) is 29.0 Å². The molecule has 0 radical (unpaired) electrons. The summed E-state index contributed by atoms with van der Waals surface area (Å²) in [5.41, 5.74) is 5.89. The van der Waals surface area contributed by atoms with Crippen LogP contribution in [0.15, 0.2) is 48.5 Å². The molecular formula is C29H36N4O3S. The SMILES string of the molecule is COCCNC(=O)CN1C(=O)CSC(c2cccc(C)c2)c2c(C(C)(C)C)nn(-c3ccc(C)cc3)c21. The largest absolute Gasteiger partial charge is 0.383 e. The Morgan fingerprint density at radius 2 is 1.86 bits per heavy atom. The number of benzene rings is 2. The van der Waals surface area contributed by atoms with E-state index in [0.29, 0.717) is 19.0 Å². The van der Waals surface area contributed by atoms with Crippen molar-refractivity contribution in [3.63, 3.8) is 0 Å². The number of ether oxygens (including phenoxy) is 1. The second-order valence-corrected chi connectivity index (χ2v) is 11.6. The van der Waals surface area contributed by atoms with Crippen LogP contribution in [-0.2, 0) is 19.7 Å². The van der Waals surface area contributed by atoms with Gasteiger partial charge in [-0.25, -0.2) is 4.68 Å². The molecule has 37 heavy (non-hydrogen) atoms. The Balaban J connectivity index is 1.95. The van der Waals surface area contributed by atoms with Crippen LogP contribution in [0.1, 0.15) is 54.0 Å². The molecule has 0 saturated heterocycles. The summed E-state index contributed by atoms with van der Waals surface area (Å²) in [5.74, 6) is 0.578. The number of hydrogen-bond acceptors (Lipinski definition) is 5. The lowest BCUT2D eigenvalue weighted by Gasteiger charge is -2.24. The van der Waals surface area contributed by atoms with Gasteiger partial charge in [0.1, 0.15) is 12.4 Å². The third kappa shape index (κ3) is 5.91. The van der Waals surface area contributed by atoms with Gasteiger partial charge in [0.15, 0.2) is 0 Å². The first kappa shape index (κ1) is 26.9. The number of fused-ring (bicyclic) bond motifs is 1. The molecule has 1 aliphatic rings. The van der Waals surface area contributed by atoms with Crippen LogP contribution in [0.3, 0.4) is 0 Å². The third-order valence-corrected chi connectivity index (χ3v) is 7.61. The van der Waals surface area contributed by atoms with Crippen LogP contribution in [0.2, 0.25) is 0 Å². The van der Waals surface area contributed by atoms with Gasteiger partial charge in [-0.15, -0.1) is 11.8 Å². The lowest BCUT2D eigenvalue weighted by molar-refractivity contribution is -0.123. The number of thioether (sulfide) groups is 1. The fourth-order valence-electron chi connectivity index (χ4n) is 4.53. The fraction of sp³-hybridized carbons (Fsp3) is 0.414. The number of amides is 2. The van der Waals surface area contributed by atoms with Crippen LogP contribution in [-0.4, -0.2) is 54.2 Å². The van der Waals surface area contributed by atoms with Gasteiger partial charge in [-0.05, 0) is 31.5 Å². The molecule has 1 unspecified atom stereocenters. The van der Waals surface area contributed by atoms with Gasteiger partial charge in [-0.1, -0.05) is 68.3 Å². The summed E-state index contributed by atoms with van der Waals surface area (Å²) in [4.78, 5) is 28.2. The molecule has 7 nitrogen and oxygen atoms in total. The van der Waals surface area contributed by atoms with Crippen molar-refractivity contribution in [3.8, 4) is 5.69 Å². The lowest BCUT2D eigenvalue weighted by atomic mass is 9.87. The van der Waals surface area contributed by atoms with Crippen molar-refractivity contribution >= 4 is 29.4 Å². The summed E-state index contributed by atoms with van der Waals surface area (Å²) < 4.78 is 6.92. The van der Waals surface area contributed by atoms with E-state index in [1.807, 2.05) is 35.9 Å². The van der Waals surface area contributed by atoms with Gasteiger partial charge in [0.25, 0.3) is 0 Å². The molecule has 196 valence electrons. The maximum Gasteiger partial charge on any atom is 0.240 e. The number of methoxy groups -OCH3 is 1. The van der Waals surface area contributed by atoms with E-state index >= 15 is 0 Å². The molecule has 1 aliphatic heterocycles. The number of nitrogens with one attached hydrogen (secondary N) is 1. The summed E-state index contributed by atoms with van der Waals surface area (Å²) >= 11 is 1.59. The molecule has 1 aromatic heterocycles. The molecule has 8 heteroatoms. The molecule has 0 saturated carbocycles. The first-order valence-electron chi connectivity index (χ1n) is 12.5. The molecule has 0 aliphatic carbocycles. The standard InChI is InChI=1S/C29H36N4O3S/c1-19-10-12-22(13-11-19)33-28-25(27(31-33)29(3,4)5)26(21-9-7-8-20(2)16-21)37-18-24(35)32(28)17-23(34)30-14-15-36-6/h7-13,16,26H,14-15,17-18H2,1-6H3,(H,30,34). The number of aromatic nitrogens is 2. The highest BCUT2D eigenvalue weighted by Crippen LogP contribution is 2.48. The summed E-state index contributed by atoms with van der Waals surface area (Å²) in [7, 11) is 1.59. The van der Waals surface area contributed by atoms with Crippen LogP contribution >= 0.6 is 11.8 Å². The molecule has 2 aromatic carbocycles. The molecule has 4 rings (SSSR count). The van der Waals surface area contributed by atoms with E-state index in [-0.39, 0.29) is 34.8 Å². The summed E-state index contributed by atoms with van der Waals surface area (Å²) in [6, 6.07) is 16.5. The number of rotatable bonds is 7. The Kier molecular flexibility index (Phi) is 8.09. The fourth-order valence-corrected chi connectivity index (χ4v) is 5.72. The Bertz CT molecular complexity index is 1280. The number of anilines is 1. The van der Waals surface area contributed by atoms with E-state index in [1.54, 1.807) is 23.8 Å². The minimum atomic E-state index is -0.289. The lowest BCUT2D eigenvalue weighted by Crippen LogP contribution is -2.43. The van der Waals surface area contributed by atoms with Crippen molar-refractivity contribution in [1.82, 2.24) is 15.1 Å². The first-order chi connectivity index (χ1) is 17.6. The highest BCUT2D eigenvalue weighted by Gasteiger charge is 2.39. The molecule has 0 fully saturated rings. The second-order valence-electron chi connectivity index (χ2n) is 10.5. The molecule has 0 spiro atoms. The Morgan fingerprint density at radius 1 is 1.14 bits per heavy atom. The van der Waals surface area contributed by atoms with Crippen LogP contribution in [0.25, 0.3) is 5.69 Å². The van der Waals surface area contributed by atoms with Crippen molar-refractivity contribution < 1.29 is 14.3 Å². The average molecular weight is 521 g/mol. The first-order valence-corrected chi connectivity index (χ1v) is 13.6. The van der Waals surface area contributed by atoms with Gasteiger partial charge in [0, 0.05) is 24.6 Å². The zero-order valence-electron chi connectivity index (χ0n) is 22.5. The number of nitrogens with zero attached hydrogens (tertiary/aromatic N) is 3. The van der Waals surface area contributed by atoms with Crippen molar-refractivity contribution in [2.45, 2.75) is 45.3 Å². The van der Waals surface area contributed by atoms with Crippen molar-refractivity contribution in [1.29, 1.82) is 0 Å². The number of hydrogen-bond donors (Lipinski definition) is 1. The molecule has 3 aromatic rings. The quantitative estimate of drug-likeness (QED) is 0.457. The van der Waals surface area contributed by atoms with Crippen LogP contribution < -0.4 is 10.2 Å². The molecule has 2 heterocycles. The molecular weight excluding hydrogens is 484 g/mol. The van der Waals surface area contributed by atoms with Crippen LogP contribution in [0.5, 0.6) is 0 Å². The monoisotopic (exact) mass is 520 g/mol. The zero-order chi connectivity index (χ0) is 26.7. The van der Waals surface area contributed by atoms with E-state index in [2.05, 4.69) is 57.3 Å². The van der Waals surface area contributed by atoms with Crippen molar-refractivity contribution in [2.24, 2.45) is 0 Å². The maximum atomic E-state index is 13.6. The van der Waals surface area contributed by atoms with E-state index in [1.165, 1.54) is 0 Å². The number of carbonyl (C=O) groups excluding carboxylic acids is 2. The van der Waals surface area contributed by atoms with Gasteiger partial charge >= 0.3 is 0 Å². The molecule has 2 amide bonds. The third-order valence-electron chi connectivity index (χ3n) is 6.35. The van der Waals surface area contributed by atoms with Gasteiger partial charge in [0.2, 0.25) is 11.8 Å². The Labute approximate surface area is 223 Å². The smallest absolute Gasteiger partial charge is 0.240 e. The average Bonchev–Trinajstić information content (AvgIpc) is 3.18. The van der Waals surface area contributed by atoms with Crippen LogP contribution in [0, 0.1) is 13.8 Å². The van der Waals surface area contributed by atoms with Crippen LogP contribution in [0.4, 0.5) is 5.82 Å². The van der Waals surface area contributed by atoms with Crippen molar-refractivity contribution in [2.75, 3.05) is 37.5 Å². The number of aryl methyl sites for hydroxylation is 2. The van der Waals surface area contributed by atoms with Crippen molar-refractivity contribution in [3.05, 3.63) is 76.5 Å². The molecule has 0 bridgehead atoms. The minimum Gasteiger partial charge on any atom is -0.383 e. The molecule has 1 atom stereocenters. The van der Waals surface area contributed by atoms with E-state index in [0.717, 1.165) is 33.6 Å². The van der Waals surface area contributed by atoms with Gasteiger partial charge in [-0.2, -0.15) is 5.10 Å². The molecule has 1 N–H and O–H groups in total. The normalized spacial score (nSPS) is 15.9. The van der Waals surface area contributed by atoms with Gasteiger partial charge in [-0.3, -0.25) is 14.5 Å². The zero-order valence-corrected chi connectivity index (χ0v) is 23.3. The van der Waals surface area contributed by atoms with Gasteiger partial charge < -0.3 is 10.1 Å². The Hall–Kier alpha value is -3.10. The minimum absolute atomic E-state index is 0.0855. The van der Waals surface area contributed by atoms with E-state index in [4.69, 9.17) is 9.84 Å². The predicted octanol–water partition coefficient (Wildman–Crippen LogP) is 4.72. The second kappa shape index (κ2) is 11.1. The Morgan fingerprint density at radius 3 is 2.51 bits per heavy atom. The summed E-state index contributed by atoms with van der Waals surface area (Å²) in [5, 5.41) is 7.89. The highest BCUT2D eigenvalue weighted by molar-refractivity contribution is 8.00. The summed E-state index contributed by atoms with van der Waals surface area (Å²) in [6.45, 7) is 11.2. The van der Waals surface area contributed by atoms with E-state index < -0.39 is 0 Å². The predicted molar refractivity (Wildman–Crippen MR) is 150 cm³/mol. The topological polar surface area (TPSA) is 76.5 Å². The number of carbonyl (C=O) groups is 2. The maximum absolute atomic E-state index is 13.6.